The van der Waals surface area contributed by atoms with Crippen LogP contribution in [0.1, 0.15) is 5.56 Å². The molecule has 1 N–H and O–H groups in total. The molecule has 0 bridgehead atoms. The summed E-state index contributed by atoms with van der Waals surface area (Å²) in [6.07, 6.45) is 1.53. The Bertz CT molecular complexity index is 679. The van der Waals surface area contributed by atoms with Crippen molar-refractivity contribution in [3.05, 3.63) is 40.5 Å². The standard InChI is InChI=1S/C11H12BrN3O2S/c1-8-3-4-9(12)7-10(8)18(16,17)14-11-5-6-13-15(11)2/h3-7,14H,1-2H3. The molecule has 0 radical (unpaired) electrons. The fourth-order valence-electron chi connectivity index (χ4n) is 1.53. The number of aryl methyl sites for hydroxylation is 2. The fraction of sp³-hybridized carbons (Fsp3) is 0.182. The van der Waals surface area contributed by atoms with Crippen LogP contribution in [-0.2, 0) is 17.1 Å². The Hall–Kier alpha value is -1.34. The van der Waals surface area contributed by atoms with E-state index in [-0.39, 0.29) is 4.90 Å². The minimum atomic E-state index is -3.60. The van der Waals surface area contributed by atoms with E-state index in [2.05, 4.69) is 25.8 Å². The molecule has 0 fully saturated rings. The smallest absolute Gasteiger partial charge is 0.263 e. The number of hydrogen-bond acceptors (Lipinski definition) is 3. The Morgan fingerprint density at radius 1 is 1.33 bits per heavy atom. The van der Waals surface area contributed by atoms with E-state index in [9.17, 15) is 8.42 Å². The molecule has 0 aliphatic heterocycles. The number of hydrogen-bond donors (Lipinski definition) is 1. The van der Waals surface area contributed by atoms with E-state index in [0.29, 0.717) is 11.4 Å². The van der Waals surface area contributed by atoms with Gasteiger partial charge in [-0.2, -0.15) is 5.10 Å². The maximum absolute atomic E-state index is 12.3. The molecule has 1 aromatic carbocycles. The number of anilines is 1. The van der Waals surface area contributed by atoms with Crippen molar-refractivity contribution in [1.82, 2.24) is 9.78 Å². The van der Waals surface area contributed by atoms with Gasteiger partial charge in [0, 0.05) is 17.6 Å². The van der Waals surface area contributed by atoms with Crippen molar-refractivity contribution in [3.8, 4) is 0 Å². The van der Waals surface area contributed by atoms with E-state index in [0.717, 1.165) is 4.47 Å². The lowest BCUT2D eigenvalue weighted by Gasteiger charge is -2.10. The molecule has 18 heavy (non-hydrogen) atoms. The predicted octanol–water partition coefficient (Wildman–Crippen LogP) is 2.29. The fourth-order valence-corrected chi connectivity index (χ4v) is 3.40. The van der Waals surface area contributed by atoms with E-state index in [1.165, 1.54) is 10.9 Å². The van der Waals surface area contributed by atoms with Crippen molar-refractivity contribution in [2.24, 2.45) is 7.05 Å². The predicted molar refractivity (Wildman–Crippen MR) is 72.9 cm³/mol. The summed E-state index contributed by atoms with van der Waals surface area (Å²) >= 11 is 3.27. The van der Waals surface area contributed by atoms with Gasteiger partial charge in [-0.25, -0.2) is 8.42 Å². The molecule has 1 aromatic heterocycles. The van der Waals surface area contributed by atoms with Crippen LogP contribution in [0, 0.1) is 6.92 Å². The summed E-state index contributed by atoms with van der Waals surface area (Å²) in [6.45, 7) is 1.75. The van der Waals surface area contributed by atoms with Crippen molar-refractivity contribution in [3.63, 3.8) is 0 Å². The van der Waals surface area contributed by atoms with E-state index >= 15 is 0 Å². The zero-order valence-corrected chi connectivity index (χ0v) is 12.3. The highest BCUT2D eigenvalue weighted by Gasteiger charge is 2.18. The number of rotatable bonds is 3. The van der Waals surface area contributed by atoms with Crippen LogP contribution in [0.3, 0.4) is 0 Å². The summed E-state index contributed by atoms with van der Waals surface area (Å²) in [5, 5.41) is 3.91. The highest BCUT2D eigenvalue weighted by atomic mass is 79.9. The number of nitrogens with one attached hydrogen (secondary N) is 1. The molecule has 2 aromatic rings. The number of nitrogens with zero attached hydrogens (tertiary/aromatic N) is 2. The number of sulfonamides is 1. The Kier molecular flexibility index (Phi) is 3.45. The van der Waals surface area contributed by atoms with E-state index < -0.39 is 10.0 Å². The third-order valence-electron chi connectivity index (χ3n) is 2.50. The van der Waals surface area contributed by atoms with Crippen molar-refractivity contribution < 1.29 is 8.42 Å². The summed E-state index contributed by atoms with van der Waals surface area (Å²) in [7, 11) is -1.93. The quantitative estimate of drug-likeness (QED) is 0.939. The molecule has 1 heterocycles. The first kappa shape index (κ1) is 13.1. The van der Waals surface area contributed by atoms with Crippen molar-refractivity contribution in [1.29, 1.82) is 0 Å². The van der Waals surface area contributed by atoms with E-state index in [1.807, 2.05) is 0 Å². The van der Waals surface area contributed by atoms with Crippen LogP contribution in [0.5, 0.6) is 0 Å². The summed E-state index contributed by atoms with van der Waals surface area (Å²) < 4.78 is 29.2. The molecule has 0 atom stereocenters. The van der Waals surface area contributed by atoms with Crippen LogP contribution in [-0.4, -0.2) is 18.2 Å². The third kappa shape index (κ3) is 2.56. The first-order chi connectivity index (χ1) is 8.40. The minimum absolute atomic E-state index is 0.248. The molecular formula is C11H12BrN3O2S. The second kappa shape index (κ2) is 4.74. The average Bonchev–Trinajstić information content (AvgIpc) is 2.67. The van der Waals surface area contributed by atoms with Gasteiger partial charge in [-0.15, -0.1) is 0 Å². The topological polar surface area (TPSA) is 64.0 Å². The zero-order valence-electron chi connectivity index (χ0n) is 9.88. The second-order valence-corrected chi connectivity index (χ2v) is 6.42. The third-order valence-corrected chi connectivity index (χ3v) is 4.49. The van der Waals surface area contributed by atoms with Gasteiger partial charge in [-0.3, -0.25) is 9.40 Å². The van der Waals surface area contributed by atoms with Gasteiger partial charge in [0.2, 0.25) is 0 Å². The van der Waals surface area contributed by atoms with Crippen LogP contribution in [0.4, 0.5) is 5.82 Å². The Balaban J connectivity index is 2.43. The molecule has 0 amide bonds. The largest absolute Gasteiger partial charge is 0.264 e. The van der Waals surface area contributed by atoms with E-state index in [4.69, 9.17) is 0 Å². The molecule has 5 nitrogen and oxygen atoms in total. The van der Waals surface area contributed by atoms with Gasteiger partial charge in [-0.1, -0.05) is 22.0 Å². The van der Waals surface area contributed by atoms with Crippen molar-refractivity contribution in [2.45, 2.75) is 11.8 Å². The molecular weight excluding hydrogens is 318 g/mol. The highest BCUT2D eigenvalue weighted by molar-refractivity contribution is 9.10. The van der Waals surface area contributed by atoms with Gasteiger partial charge in [0.1, 0.15) is 5.82 Å². The zero-order chi connectivity index (χ0) is 13.3. The molecule has 2 rings (SSSR count). The molecule has 0 unspecified atom stereocenters. The molecule has 96 valence electrons. The number of halogens is 1. The first-order valence-corrected chi connectivity index (χ1v) is 7.45. The van der Waals surface area contributed by atoms with Crippen LogP contribution < -0.4 is 4.72 Å². The van der Waals surface area contributed by atoms with E-state index in [1.54, 1.807) is 38.2 Å². The molecule has 0 saturated heterocycles. The molecule has 0 spiro atoms. The van der Waals surface area contributed by atoms with Crippen LogP contribution >= 0.6 is 15.9 Å². The lowest BCUT2D eigenvalue weighted by Crippen LogP contribution is -2.16. The molecule has 0 aliphatic rings. The van der Waals surface area contributed by atoms with Crippen LogP contribution in [0.2, 0.25) is 0 Å². The van der Waals surface area contributed by atoms with Gasteiger partial charge in [0.05, 0.1) is 11.1 Å². The maximum atomic E-state index is 12.3. The summed E-state index contributed by atoms with van der Waals surface area (Å²) in [5.74, 6) is 0.425. The molecule has 0 saturated carbocycles. The minimum Gasteiger partial charge on any atom is -0.264 e. The lowest BCUT2D eigenvalue weighted by atomic mass is 10.2. The highest BCUT2D eigenvalue weighted by Crippen LogP contribution is 2.22. The Morgan fingerprint density at radius 3 is 2.67 bits per heavy atom. The van der Waals surface area contributed by atoms with Gasteiger partial charge >= 0.3 is 0 Å². The summed E-state index contributed by atoms with van der Waals surface area (Å²) in [6, 6.07) is 6.74. The van der Waals surface area contributed by atoms with Gasteiger partial charge in [-0.05, 0) is 24.6 Å². The van der Waals surface area contributed by atoms with Crippen molar-refractivity contribution in [2.75, 3.05) is 4.72 Å². The maximum Gasteiger partial charge on any atom is 0.263 e. The summed E-state index contributed by atoms with van der Waals surface area (Å²) in [5.41, 5.74) is 0.688. The number of aromatic nitrogens is 2. The Morgan fingerprint density at radius 2 is 2.06 bits per heavy atom. The van der Waals surface area contributed by atoms with Crippen LogP contribution in [0.15, 0.2) is 39.8 Å². The lowest BCUT2D eigenvalue weighted by molar-refractivity contribution is 0.599. The van der Waals surface area contributed by atoms with Gasteiger partial charge in [0.15, 0.2) is 0 Å². The SMILES string of the molecule is Cc1ccc(Br)cc1S(=O)(=O)Nc1ccnn1C. The Labute approximate surface area is 114 Å². The monoisotopic (exact) mass is 329 g/mol. The van der Waals surface area contributed by atoms with Crippen LogP contribution in [0.25, 0.3) is 0 Å². The molecule has 0 aliphatic carbocycles. The number of benzene rings is 1. The average molecular weight is 330 g/mol. The first-order valence-electron chi connectivity index (χ1n) is 5.17. The molecule has 7 heteroatoms. The van der Waals surface area contributed by atoms with Gasteiger partial charge < -0.3 is 0 Å². The normalized spacial score (nSPS) is 11.5. The van der Waals surface area contributed by atoms with Gasteiger partial charge in [0.25, 0.3) is 10.0 Å². The van der Waals surface area contributed by atoms with Crippen molar-refractivity contribution >= 4 is 31.8 Å². The second-order valence-electron chi connectivity index (χ2n) is 3.86. The summed E-state index contributed by atoms with van der Waals surface area (Å²) in [4.78, 5) is 0.248.